The van der Waals surface area contributed by atoms with Gasteiger partial charge in [0.2, 0.25) is 0 Å². The molecular formula is C15H17N3O2. The molecular weight excluding hydrogens is 254 g/mol. The van der Waals surface area contributed by atoms with Gasteiger partial charge >= 0.3 is 0 Å². The minimum atomic E-state index is -0.120. The van der Waals surface area contributed by atoms with Crippen LogP contribution >= 0.6 is 0 Å². The number of rotatable bonds is 2. The number of fused-ring (bicyclic) bond motifs is 1. The van der Waals surface area contributed by atoms with Gasteiger partial charge in [-0.05, 0) is 25.0 Å². The monoisotopic (exact) mass is 271 g/mol. The Morgan fingerprint density at radius 1 is 1.40 bits per heavy atom. The van der Waals surface area contributed by atoms with Crippen LogP contribution in [-0.2, 0) is 4.74 Å². The molecule has 0 saturated carbocycles. The summed E-state index contributed by atoms with van der Waals surface area (Å²) in [5.74, 6) is 0.236. The zero-order valence-electron chi connectivity index (χ0n) is 11.1. The van der Waals surface area contributed by atoms with E-state index in [0.717, 1.165) is 30.4 Å². The lowest BCUT2D eigenvalue weighted by atomic mass is 10.1. The van der Waals surface area contributed by atoms with Crippen LogP contribution in [0.3, 0.4) is 0 Å². The van der Waals surface area contributed by atoms with E-state index in [-0.39, 0.29) is 11.9 Å². The molecule has 20 heavy (non-hydrogen) atoms. The standard InChI is InChI=1S/C15H17N3O2/c16-14-8-12(11-5-1-2-6-13(11)18-14)15(19)17-10-4-3-7-20-9-10/h1-2,5-6,8,10H,3-4,7,9H2,(H2,16,18)(H,17,19). The number of carbonyl (C=O) groups excluding carboxylic acids is 1. The van der Waals surface area contributed by atoms with Gasteiger partial charge in [0.1, 0.15) is 5.82 Å². The lowest BCUT2D eigenvalue weighted by Gasteiger charge is -2.23. The summed E-state index contributed by atoms with van der Waals surface area (Å²) in [7, 11) is 0. The maximum atomic E-state index is 12.4. The van der Waals surface area contributed by atoms with Gasteiger partial charge in [-0.3, -0.25) is 4.79 Å². The second kappa shape index (κ2) is 5.46. The minimum absolute atomic E-state index is 0.0735. The molecule has 3 N–H and O–H groups in total. The Morgan fingerprint density at radius 2 is 2.25 bits per heavy atom. The van der Waals surface area contributed by atoms with Gasteiger partial charge in [-0.2, -0.15) is 0 Å². The molecule has 1 aliphatic heterocycles. The minimum Gasteiger partial charge on any atom is -0.384 e. The summed E-state index contributed by atoms with van der Waals surface area (Å²) in [6.45, 7) is 1.35. The highest BCUT2D eigenvalue weighted by atomic mass is 16.5. The third kappa shape index (κ3) is 2.58. The van der Waals surface area contributed by atoms with Gasteiger partial charge in [0.05, 0.1) is 23.7 Å². The highest BCUT2D eigenvalue weighted by molar-refractivity contribution is 6.07. The first-order valence-electron chi connectivity index (χ1n) is 6.78. The number of hydrogen-bond acceptors (Lipinski definition) is 4. The number of amides is 1. The van der Waals surface area contributed by atoms with Crippen LogP contribution < -0.4 is 11.1 Å². The zero-order chi connectivity index (χ0) is 13.9. The van der Waals surface area contributed by atoms with E-state index in [2.05, 4.69) is 10.3 Å². The second-order valence-electron chi connectivity index (χ2n) is 5.00. The van der Waals surface area contributed by atoms with E-state index in [9.17, 15) is 4.79 Å². The average Bonchev–Trinajstić information content (AvgIpc) is 2.47. The zero-order valence-corrected chi connectivity index (χ0v) is 11.1. The summed E-state index contributed by atoms with van der Waals surface area (Å²) in [4.78, 5) is 16.7. The molecule has 5 heteroatoms. The average molecular weight is 271 g/mol. The second-order valence-corrected chi connectivity index (χ2v) is 5.00. The number of anilines is 1. The fourth-order valence-corrected chi connectivity index (χ4v) is 2.50. The summed E-state index contributed by atoms with van der Waals surface area (Å²) >= 11 is 0. The summed E-state index contributed by atoms with van der Waals surface area (Å²) in [6.07, 6.45) is 1.93. The fourth-order valence-electron chi connectivity index (χ4n) is 2.50. The van der Waals surface area contributed by atoms with Crippen molar-refractivity contribution in [3.63, 3.8) is 0 Å². The maximum absolute atomic E-state index is 12.4. The van der Waals surface area contributed by atoms with Crippen molar-refractivity contribution in [3.05, 3.63) is 35.9 Å². The quantitative estimate of drug-likeness (QED) is 0.872. The fraction of sp³-hybridized carbons (Fsp3) is 0.333. The third-order valence-electron chi connectivity index (χ3n) is 3.48. The van der Waals surface area contributed by atoms with Crippen LogP contribution in [0.4, 0.5) is 5.82 Å². The van der Waals surface area contributed by atoms with E-state index in [1.807, 2.05) is 24.3 Å². The van der Waals surface area contributed by atoms with Crippen LogP contribution in [0.1, 0.15) is 23.2 Å². The molecule has 1 unspecified atom stereocenters. The largest absolute Gasteiger partial charge is 0.384 e. The summed E-state index contributed by atoms with van der Waals surface area (Å²) in [5.41, 5.74) is 7.08. The highest BCUT2D eigenvalue weighted by Crippen LogP contribution is 2.19. The van der Waals surface area contributed by atoms with E-state index in [0.29, 0.717) is 18.0 Å². The van der Waals surface area contributed by atoms with E-state index in [1.165, 1.54) is 0 Å². The van der Waals surface area contributed by atoms with Crippen LogP contribution in [0.25, 0.3) is 10.9 Å². The van der Waals surface area contributed by atoms with Crippen molar-refractivity contribution < 1.29 is 9.53 Å². The number of aromatic nitrogens is 1. The Hall–Kier alpha value is -2.14. The van der Waals surface area contributed by atoms with Crippen molar-refractivity contribution in [3.8, 4) is 0 Å². The number of nitrogens with zero attached hydrogens (tertiary/aromatic N) is 1. The molecule has 0 aliphatic carbocycles. The van der Waals surface area contributed by atoms with Crippen LogP contribution in [0, 0.1) is 0 Å². The molecule has 2 aromatic rings. The van der Waals surface area contributed by atoms with E-state index in [4.69, 9.17) is 10.5 Å². The number of hydrogen-bond donors (Lipinski definition) is 2. The molecule has 1 aromatic carbocycles. The van der Waals surface area contributed by atoms with Crippen molar-refractivity contribution in [1.29, 1.82) is 0 Å². The molecule has 3 rings (SSSR count). The third-order valence-corrected chi connectivity index (χ3v) is 3.48. The Balaban J connectivity index is 1.90. The normalized spacial score (nSPS) is 18.9. The highest BCUT2D eigenvalue weighted by Gasteiger charge is 2.19. The van der Waals surface area contributed by atoms with Gasteiger partial charge in [0.25, 0.3) is 5.91 Å². The molecule has 0 radical (unpaired) electrons. The molecule has 2 heterocycles. The topological polar surface area (TPSA) is 77.2 Å². The van der Waals surface area contributed by atoms with Crippen LogP contribution in [0.15, 0.2) is 30.3 Å². The number of carbonyl (C=O) groups is 1. The molecule has 0 bridgehead atoms. The number of nitrogens with one attached hydrogen (secondary N) is 1. The van der Waals surface area contributed by atoms with Gasteiger partial charge in [0.15, 0.2) is 0 Å². The smallest absolute Gasteiger partial charge is 0.252 e. The SMILES string of the molecule is Nc1cc(C(=O)NC2CCCOC2)c2ccccc2n1. The molecule has 0 spiro atoms. The molecule has 1 aliphatic rings. The lowest BCUT2D eigenvalue weighted by molar-refractivity contribution is 0.0625. The molecule has 1 fully saturated rings. The lowest BCUT2D eigenvalue weighted by Crippen LogP contribution is -2.40. The van der Waals surface area contributed by atoms with E-state index < -0.39 is 0 Å². The first kappa shape index (κ1) is 12.9. The number of benzene rings is 1. The molecule has 1 saturated heterocycles. The van der Waals surface area contributed by atoms with Crippen molar-refractivity contribution in [2.24, 2.45) is 0 Å². The summed E-state index contributed by atoms with van der Waals surface area (Å²) in [6, 6.07) is 9.21. The van der Waals surface area contributed by atoms with Gasteiger partial charge in [-0.15, -0.1) is 0 Å². The summed E-state index contributed by atoms with van der Waals surface area (Å²) in [5, 5.41) is 3.82. The molecule has 5 nitrogen and oxygen atoms in total. The Kier molecular flexibility index (Phi) is 3.52. The Morgan fingerprint density at radius 3 is 3.05 bits per heavy atom. The first-order valence-corrected chi connectivity index (χ1v) is 6.78. The molecule has 1 amide bonds. The molecule has 104 valence electrons. The van der Waals surface area contributed by atoms with Gasteiger partial charge in [0, 0.05) is 12.0 Å². The Labute approximate surface area is 117 Å². The van der Waals surface area contributed by atoms with E-state index >= 15 is 0 Å². The molecule has 1 atom stereocenters. The van der Waals surface area contributed by atoms with Crippen LogP contribution in [0.5, 0.6) is 0 Å². The van der Waals surface area contributed by atoms with Gasteiger partial charge in [-0.25, -0.2) is 4.98 Å². The first-order chi connectivity index (χ1) is 9.74. The number of para-hydroxylation sites is 1. The van der Waals surface area contributed by atoms with Crippen molar-refractivity contribution >= 4 is 22.6 Å². The van der Waals surface area contributed by atoms with Crippen LogP contribution in [0.2, 0.25) is 0 Å². The number of nitrogen functional groups attached to an aromatic ring is 1. The van der Waals surface area contributed by atoms with Crippen molar-refractivity contribution in [1.82, 2.24) is 10.3 Å². The number of nitrogens with two attached hydrogens (primary N) is 1. The molecule has 1 aromatic heterocycles. The Bertz CT molecular complexity index is 636. The summed E-state index contributed by atoms with van der Waals surface area (Å²) < 4.78 is 5.38. The maximum Gasteiger partial charge on any atom is 0.252 e. The van der Waals surface area contributed by atoms with E-state index in [1.54, 1.807) is 6.07 Å². The van der Waals surface area contributed by atoms with Gasteiger partial charge in [-0.1, -0.05) is 18.2 Å². The van der Waals surface area contributed by atoms with Gasteiger partial charge < -0.3 is 15.8 Å². The predicted molar refractivity (Wildman–Crippen MR) is 77.5 cm³/mol. The number of ether oxygens (including phenoxy) is 1. The predicted octanol–water partition coefficient (Wildman–Crippen LogP) is 1.73. The van der Waals surface area contributed by atoms with Crippen LogP contribution in [-0.4, -0.2) is 30.1 Å². The number of pyridine rings is 1. The van der Waals surface area contributed by atoms with Crippen molar-refractivity contribution in [2.45, 2.75) is 18.9 Å². The van der Waals surface area contributed by atoms with Crippen molar-refractivity contribution in [2.75, 3.05) is 18.9 Å².